The van der Waals surface area contributed by atoms with E-state index >= 15 is 0 Å². The van der Waals surface area contributed by atoms with Gasteiger partial charge in [0.1, 0.15) is 0 Å². The maximum absolute atomic E-state index is 11.1. The Morgan fingerprint density at radius 2 is 1.76 bits per heavy atom. The molecule has 0 fully saturated rings. The van der Waals surface area contributed by atoms with E-state index in [4.69, 9.17) is 14.2 Å². The Bertz CT molecular complexity index is 669. The fraction of sp³-hybridized carbons (Fsp3) is 0.333. The Morgan fingerprint density at radius 3 is 2.38 bits per heavy atom. The highest BCUT2D eigenvalue weighted by molar-refractivity contribution is 5.86. The molecular formula is C15H17NO5. The van der Waals surface area contributed by atoms with Gasteiger partial charge in [0.25, 0.3) is 0 Å². The maximum Gasteiger partial charge on any atom is 0.343 e. The van der Waals surface area contributed by atoms with Crippen LogP contribution >= 0.6 is 0 Å². The molecule has 0 amide bonds. The largest absolute Gasteiger partial charge is 0.493 e. The zero-order chi connectivity index (χ0) is 15.4. The second kappa shape index (κ2) is 6.30. The van der Waals surface area contributed by atoms with Crippen LogP contribution < -0.4 is 14.2 Å². The molecule has 0 unspecified atom stereocenters. The van der Waals surface area contributed by atoms with E-state index in [0.717, 1.165) is 10.9 Å². The number of carbonyl (C=O) groups is 1. The van der Waals surface area contributed by atoms with Gasteiger partial charge >= 0.3 is 5.97 Å². The van der Waals surface area contributed by atoms with Crippen LogP contribution in [0.25, 0.3) is 10.9 Å². The molecule has 0 radical (unpaired) electrons. The molecule has 0 atom stereocenters. The van der Waals surface area contributed by atoms with Crippen molar-refractivity contribution in [1.29, 1.82) is 0 Å². The van der Waals surface area contributed by atoms with Crippen LogP contribution in [0.3, 0.4) is 0 Å². The number of aromatic nitrogens is 1. The summed E-state index contributed by atoms with van der Waals surface area (Å²) in [5.41, 5.74) is 1.66. The molecule has 0 spiro atoms. The normalized spacial score (nSPS) is 10.3. The van der Waals surface area contributed by atoms with Gasteiger partial charge in [-0.3, -0.25) is 0 Å². The Balaban J connectivity index is 2.42. The molecule has 6 heteroatoms. The number of pyridine rings is 1. The summed E-state index contributed by atoms with van der Waals surface area (Å²) in [5, 5.41) is 0.929. The summed E-state index contributed by atoms with van der Waals surface area (Å²) in [5.74, 6) is 1.12. The lowest BCUT2D eigenvalue weighted by Gasteiger charge is -2.12. The fourth-order valence-electron chi connectivity index (χ4n) is 1.96. The van der Waals surface area contributed by atoms with Gasteiger partial charge in [0.15, 0.2) is 18.1 Å². The van der Waals surface area contributed by atoms with E-state index in [1.165, 1.54) is 7.11 Å². The van der Waals surface area contributed by atoms with Crippen LogP contribution in [-0.4, -0.2) is 38.9 Å². The minimum absolute atomic E-state index is 0.179. The summed E-state index contributed by atoms with van der Waals surface area (Å²) in [6.07, 6.45) is 0. The molecular weight excluding hydrogens is 274 g/mol. The average Bonchev–Trinajstić information content (AvgIpc) is 2.51. The van der Waals surface area contributed by atoms with Gasteiger partial charge < -0.3 is 18.9 Å². The minimum Gasteiger partial charge on any atom is -0.493 e. The number of esters is 1. The van der Waals surface area contributed by atoms with Crippen molar-refractivity contribution in [2.24, 2.45) is 0 Å². The Labute approximate surface area is 122 Å². The van der Waals surface area contributed by atoms with Crippen LogP contribution in [0.5, 0.6) is 17.4 Å². The van der Waals surface area contributed by atoms with Crippen LogP contribution in [-0.2, 0) is 9.53 Å². The molecule has 0 saturated heterocycles. The molecule has 0 aliphatic heterocycles. The van der Waals surface area contributed by atoms with Crippen molar-refractivity contribution in [1.82, 2.24) is 4.98 Å². The summed E-state index contributed by atoms with van der Waals surface area (Å²) >= 11 is 0. The van der Waals surface area contributed by atoms with Crippen molar-refractivity contribution >= 4 is 16.9 Å². The van der Waals surface area contributed by atoms with E-state index in [9.17, 15) is 4.79 Å². The van der Waals surface area contributed by atoms with Crippen LogP contribution in [0.4, 0.5) is 0 Å². The van der Waals surface area contributed by atoms with E-state index < -0.39 is 5.97 Å². The number of nitrogens with zero attached hydrogens (tertiary/aromatic N) is 1. The number of aryl methyl sites for hydroxylation is 1. The third-order valence-electron chi connectivity index (χ3n) is 3.06. The highest BCUT2D eigenvalue weighted by atomic mass is 16.6. The lowest BCUT2D eigenvalue weighted by atomic mass is 10.1. The smallest absolute Gasteiger partial charge is 0.343 e. The number of carbonyl (C=O) groups excluding carboxylic acids is 1. The van der Waals surface area contributed by atoms with Gasteiger partial charge in [-0.15, -0.1) is 0 Å². The van der Waals surface area contributed by atoms with Crippen molar-refractivity contribution in [2.45, 2.75) is 6.92 Å². The predicted octanol–water partition coefficient (Wildman–Crippen LogP) is 2.11. The minimum atomic E-state index is -0.457. The molecule has 112 valence electrons. The number of fused-ring (bicyclic) bond motifs is 1. The van der Waals surface area contributed by atoms with Crippen LogP contribution in [0, 0.1) is 6.92 Å². The summed E-state index contributed by atoms with van der Waals surface area (Å²) < 4.78 is 20.4. The molecule has 2 aromatic rings. The quantitative estimate of drug-likeness (QED) is 0.786. The molecule has 1 heterocycles. The highest BCUT2D eigenvalue weighted by Crippen LogP contribution is 2.33. The molecule has 0 saturated carbocycles. The Kier molecular flexibility index (Phi) is 4.47. The lowest BCUT2D eigenvalue weighted by molar-refractivity contribution is -0.143. The lowest BCUT2D eigenvalue weighted by Crippen LogP contribution is -2.13. The van der Waals surface area contributed by atoms with Crippen LogP contribution in [0.1, 0.15) is 5.56 Å². The Morgan fingerprint density at radius 1 is 1.10 bits per heavy atom. The molecule has 1 aromatic heterocycles. The average molecular weight is 291 g/mol. The van der Waals surface area contributed by atoms with Crippen LogP contribution in [0.2, 0.25) is 0 Å². The molecule has 21 heavy (non-hydrogen) atoms. The van der Waals surface area contributed by atoms with E-state index in [0.29, 0.717) is 22.9 Å². The number of hydrogen-bond acceptors (Lipinski definition) is 6. The van der Waals surface area contributed by atoms with E-state index in [-0.39, 0.29) is 6.61 Å². The first-order valence-electron chi connectivity index (χ1n) is 6.32. The second-order valence-corrected chi connectivity index (χ2v) is 4.37. The second-order valence-electron chi connectivity index (χ2n) is 4.37. The third kappa shape index (κ3) is 3.16. The van der Waals surface area contributed by atoms with Crippen molar-refractivity contribution < 1.29 is 23.7 Å². The maximum atomic E-state index is 11.1. The van der Waals surface area contributed by atoms with Crippen molar-refractivity contribution in [3.8, 4) is 17.4 Å². The van der Waals surface area contributed by atoms with Gasteiger partial charge in [0.05, 0.1) is 26.8 Å². The van der Waals surface area contributed by atoms with Gasteiger partial charge in [-0.1, -0.05) is 0 Å². The van der Waals surface area contributed by atoms with Gasteiger partial charge in [-0.2, -0.15) is 0 Å². The first-order valence-corrected chi connectivity index (χ1v) is 6.32. The van der Waals surface area contributed by atoms with E-state index in [2.05, 4.69) is 9.72 Å². The number of benzene rings is 1. The summed E-state index contributed by atoms with van der Waals surface area (Å²) in [6, 6.07) is 5.39. The SMILES string of the molecule is COC(=O)COc1cc(C)c2cc(OC)c(OC)cc2n1. The molecule has 6 nitrogen and oxygen atoms in total. The van der Waals surface area contributed by atoms with Crippen molar-refractivity contribution in [2.75, 3.05) is 27.9 Å². The fourth-order valence-corrected chi connectivity index (χ4v) is 1.96. The van der Waals surface area contributed by atoms with E-state index in [1.807, 2.05) is 13.0 Å². The summed E-state index contributed by atoms with van der Waals surface area (Å²) in [6.45, 7) is 1.75. The van der Waals surface area contributed by atoms with E-state index in [1.54, 1.807) is 26.4 Å². The summed E-state index contributed by atoms with van der Waals surface area (Å²) in [4.78, 5) is 15.5. The topological polar surface area (TPSA) is 66.9 Å². The molecule has 1 aromatic carbocycles. The summed E-state index contributed by atoms with van der Waals surface area (Å²) in [7, 11) is 4.45. The van der Waals surface area contributed by atoms with Crippen molar-refractivity contribution in [3.63, 3.8) is 0 Å². The van der Waals surface area contributed by atoms with Gasteiger partial charge in [0, 0.05) is 17.5 Å². The van der Waals surface area contributed by atoms with Crippen molar-refractivity contribution in [3.05, 3.63) is 23.8 Å². The standard InChI is InChI=1S/C15H17NO5/c1-9-5-14(21-8-15(17)20-4)16-11-7-13(19-3)12(18-2)6-10(9)11/h5-7H,8H2,1-4H3. The molecule has 0 aliphatic rings. The zero-order valence-electron chi connectivity index (χ0n) is 12.4. The number of hydrogen-bond donors (Lipinski definition) is 0. The predicted molar refractivity (Wildman–Crippen MR) is 77.1 cm³/mol. The number of rotatable bonds is 5. The highest BCUT2D eigenvalue weighted by Gasteiger charge is 2.11. The van der Waals surface area contributed by atoms with Gasteiger partial charge in [-0.25, -0.2) is 9.78 Å². The van der Waals surface area contributed by atoms with Gasteiger partial charge in [-0.05, 0) is 18.6 Å². The number of ether oxygens (including phenoxy) is 4. The third-order valence-corrected chi connectivity index (χ3v) is 3.06. The zero-order valence-corrected chi connectivity index (χ0v) is 12.4. The molecule has 0 bridgehead atoms. The molecule has 0 aliphatic carbocycles. The molecule has 2 rings (SSSR count). The number of methoxy groups -OCH3 is 3. The Hall–Kier alpha value is -2.50. The first-order chi connectivity index (χ1) is 10.1. The monoisotopic (exact) mass is 291 g/mol. The molecule has 0 N–H and O–H groups in total. The van der Waals surface area contributed by atoms with Crippen LogP contribution in [0.15, 0.2) is 18.2 Å². The van der Waals surface area contributed by atoms with Gasteiger partial charge in [0.2, 0.25) is 5.88 Å². The first kappa shape index (κ1) is 14.9.